The number of aryl methyl sites for hydroxylation is 1. The van der Waals surface area contributed by atoms with Gasteiger partial charge in [0.2, 0.25) is 0 Å². The predicted octanol–water partition coefficient (Wildman–Crippen LogP) is 3.72. The largest absolute Gasteiger partial charge is 0.252 e. The zero-order valence-corrected chi connectivity index (χ0v) is 10.6. The first-order chi connectivity index (χ1) is 8.24. The Morgan fingerprint density at radius 1 is 1.24 bits per heavy atom. The number of nitrogens with zero attached hydrogens (tertiary/aromatic N) is 3. The number of aromatic nitrogens is 3. The molecule has 0 atom stereocenters. The van der Waals surface area contributed by atoms with E-state index in [2.05, 4.69) is 15.0 Å². The smallest absolute Gasteiger partial charge is 0.173 e. The molecule has 0 bridgehead atoms. The Balaban J connectivity index is 2.28. The number of benzene rings is 1. The molecule has 0 unspecified atom stereocenters. The van der Waals surface area contributed by atoms with Crippen molar-refractivity contribution in [1.82, 2.24) is 15.0 Å². The zero-order valence-electron chi connectivity index (χ0n) is 9.01. The van der Waals surface area contributed by atoms with Gasteiger partial charge in [0.15, 0.2) is 5.82 Å². The van der Waals surface area contributed by atoms with Gasteiger partial charge in [-0.05, 0) is 19.1 Å². The van der Waals surface area contributed by atoms with Gasteiger partial charge in [0.05, 0.1) is 15.9 Å². The van der Waals surface area contributed by atoms with Gasteiger partial charge in [-0.15, -0.1) is 11.3 Å². The molecular weight excluding hydrogens is 254 g/mol. The van der Waals surface area contributed by atoms with Crippen molar-refractivity contribution < 1.29 is 0 Å². The predicted molar refractivity (Wildman–Crippen MR) is 70.4 cm³/mol. The average Bonchev–Trinajstić information content (AvgIpc) is 2.83. The van der Waals surface area contributed by atoms with E-state index in [0.717, 1.165) is 21.3 Å². The van der Waals surface area contributed by atoms with Crippen LogP contribution in [0.1, 0.15) is 5.56 Å². The van der Waals surface area contributed by atoms with Crippen molar-refractivity contribution in [2.75, 3.05) is 0 Å². The molecule has 5 heteroatoms. The normalized spacial score (nSPS) is 10.9. The highest BCUT2D eigenvalue weighted by atomic mass is 35.5. The number of thiazole rings is 1. The Kier molecular flexibility index (Phi) is 2.53. The van der Waals surface area contributed by atoms with Crippen molar-refractivity contribution in [2.45, 2.75) is 6.92 Å². The lowest BCUT2D eigenvalue weighted by Gasteiger charge is -2.03. The SMILES string of the molecule is Cc1ccc2nc(-c3cncs3)nc(Cl)c2c1. The third kappa shape index (κ3) is 1.90. The number of fused-ring (bicyclic) bond motifs is 1. The lowest BCUT2D eigenvalue weighted by molar-refractivity contribution is 1.23. The van der Waals surface area contributed by atoms with E-state index in [1.165, 1.54) is 11.3 Å². The van der Waals surface area contributed by atoms with Gasteiger partial charge in [-0.1, -0.05) is 23.2 Å². The number of rotatable bonds is 1. The molecule has 0 N–H and O–H groups in total. The fourth-order valence-corrected chi connectivity index (χ4v) is 2.43. The standard InChI is InChI=1S/C12H8ClN3S/c1-7-2-3-9-8(4-7)11(13)16-12(15-9)10-5-14-6-17-10/h2-6H,1H3. The molecule has 17 heavy (non-hydrogen) atoms. The van der Waals surface area contributed by atoms with Gasteiger partial charge in [-0.25, -0.2) is 9.97 Å². The van der Waals surface area contributed by atoms with Gasteiger partial charge in [0, 0.05) is 11.6 Å². The molecule has 0 amide bonds. The van der Waals surface area contributed by atoms with Crippen LogP contribution in [-0.2, 0) is 0 Å². The van der Waals surface area contributed by atoms with E-state index in [0.29, 0.717) is 11.0 Å². The monoisotopic (exact) mass is 261 g/mol. The molecule has 0 fully saturated rings. The fraction of sp³-hybridized carbons (Fsp3) is 0.0833. The van der Waals surface area contributed by atoms with Crippen LogP contribution in [0.3, 0.4) is 0 Å². The Labute approximate surface area is 107 Å². The molecule has 0 saturated heterocycles. The van der Waals surface area contributed by atoms with Gasteiger partial charge in [0.25, 0.3) is 0 Å². The summed E-state index contributed by atoms with van der Waals surface area (Å²) in [6, 6.07) is 5.97. The molecule has 0 spiro atoms. The minimum Gasteiger partial charge on any atom is -0.252 e. The van der Waals surface area contributed by atoms with Crippen molar-refractivity contribution in [3.05, 3.63) is 40.6 Å². The van der Waals surface area contributed by atoms with Crippen LogP contribution in [0.25, 0.3) is 21.6 Å². The van der Waals surface area contributed by atoms with E-state index in [9.17, 15) is 0 Å². The van der Waals surface area contributed by atoms with Crippen molar-refractivity contribution in [3.63, 3.8) is 0 Å². The molecule has 0 aliphatic rings. The molecule has 3 rings (SSSR count). The molecular formula is C12H8ClN3S. The van der Waals surface area contributed by atoms with Crippen LogP contribution in [0, 0.1) is 6.92 Å². The first kappa shape index (κ1) is 10.6. The van der Waals surface area contributed by atoms with Crippen LogP contribution in [0.4, 0.5) is 0 Å². The Morgan fingerprint density at radius 3 is 2.88 bits per heavy atom. The number of halogens is 1. The number of hydrogen-bond donors (Lipinski definition) is 0. The third-order valence-corrected chi connectivity index (χ3v) is 3.51. The molecule has 2 heterocycles. The van der Waals surface area contributed by atoms with Gasteiger partial charge in [-0.2, -0.15) is 0 Å². The maximum absolute atomic E-state index is 6.18. The highest BCUT2D eigenvalue weighted by Crippen LogP contribution is 2.26. The van der Waals surface area contributed by atoms with Crippen LogP contribution in [0.5, 0.6) is 0 Å². The quantitative estimate of drug-likeness (QED) is 0.627. The van der Waals surface area contributed by atoms with Crippen molar-refractivity contribution in [3.8, 4) is 10.7 Å². The van der Waals surface area contributed by atoms with Gasteiger partial charge < -0.3 is 0 Å². The van der Waals surface area contributed by atoms with E-state index in [-0.39, 0.29) is 0 Å². The average molecular weight is 262 g/mol. The molecule has 2 aromatic heterocycles. The molecule has 0 aliphatic carbocycles. The Hall–Kier alpha value is -1.52. The molecule has 1 aromatic carbocycles. The summed E-state index contributed by atoms with van der Waals surface area (Å²) in [5.74, 6) is 0.633. The van der Waals surface area contributed by atoms with Crippen molar-refractivity contribution in [2.24, 2.45) is 0 Å². The lowest BCUT2D eigenvalue weighted by atomic mass is 10.2. The summed E-state index contributed by atoms with van der Waals surface area (Å²) in [4.78, 5) is 13.7. The first-order valence-corrected chi connectivity index (χ1v) is 6.32. The van der Waals surface area contributed by atoms with Crippen LogP contribution < -0.4 is 0 Å². The molecule has 3 aromatic rings. The maximum Gasteiger partial charge on any atom is 0.173 e. The number of hydrogen-bond acceptors (Lipinski definition) is 4. The second-order valence-corrected chi connectivity index (χ2v) is 4.97. The minimum atomic E-state index is 0.488. The van der Waals surface area contributed by atoms with Crippen LogP contribution in [0.2, 0.25) is 5.15 Å². The van der Waals surface area contributed by atoms with Crippen molar-refractivity contribution >= 4 is 33.8 Å². The van der Waals surface area contributed by atoms with E-state index in [1.54, 1.807) is 11.7 Å². The Morgan fingerprint density at radius 2 is 2.12 bits per heavy atom. The van der Waals surface area contributed by atoms with Crippen LogP contribution in [-0.4, -0.2) is 15.0 Å². The van der Waals surface area contributed by atoms with Crippen molar-refractivity contribution in [1.29, 1.82) is 0 Å². The van der Waals surface area contributed by atoms with Gasteiger partial charge >= 0.3 is 0 Å². The molecule has 0 radical (unpaired) electrons. The minimum absolute atomic E-state index is 0.488. The van der Waals surface area contributed by atoms with Crippen LogP contribution in [0.15, 0.2) is 29.9 Å². The zero-order chi connectivity index (χ0) is 11.8. The summed E-state index contributed by atoms with van der Waals surface area (Å²) in [5, 5.41) is 1.38. The maximum atomic E-state index is 6.18. The van der Waals surface area contributed by atoms with E-state index < -0.39 is 0 Å². The summed E-state index contributed by atoms with van der Waals surface area (Å²) in [6.07, 6.45) is 1.75. The second-order valence-electron chi connectivity index (χ2n) is 3.72. The van der Waals surface area contributed by atoms with Gasteiger partial charge in [-0.3, -0.25) is 4.98 Å². The summed E-state index contributed by atoms with van der Waals surface area (Å²) in [6.45, 7) is 2.02. The summed E-state index contributed by atoms with van der Waals surface area (Å²) in [5.41, 5.74) is 3.76. The topological polar surface area (TPSA) is 38.7 Å². The highest BCUT2D eigenvalue weighted by molar-refractivity contribution is 7.13. The van der Waals surface area contributed by atoms with E-state index in [4.69, 9.17) is 11.6 Å². The summed E-state index contributed by atoms with van der Waals surface area (Å²) in [7, 11) is 0. The molecule has 3 nitrogen and oxygen atoms in total. The molecule has 0 saturated carbocycles. The highest BCUT2D eigenvalue weighted by Gasteiger charge is 2.08. The summed E-state index contributed by atoms with van der Waals surface area (Å²) < 4.78 is 0. The summed E-state index contributed by atoms with van der Waals surface area (Å²) >= 11 is 7.69. The third-order valence-electron chi connectivity index (χ3n) is 2.46. The van der Waals surface area contributed by atoms with E-state index >= 15 is 0 Å². The van der Waals surface area contributed by atoms with Crippen LogP contribution >= 0.6 is 22.9 Å². The van der Waals surface area contributed by atoms with Gasteiger partial charge in [0.1, 0.15) is 5.15 Å². The molecule has 0 aliphatic heterocycles. The van der Waals surface area contributed by atoms with E-state index in [1.807, 2.05) is 25.1 Å². The molecule has 84 valence electrons. The lowest BCUT2D eigenvalue weighted by Crippen LogP contribution is -1.90. The Bertz CT molecular complexity index is 680. The second kappa shape index (κ2) is 4.05. The fourth-order valence-electron chi connectivity index (χ4n) is 1.64. The first-order valence-electron chi connectivity index (χ1n) is 5.07.